The lowest BCUT2D eigenvalue weighted by Gasteiger charge is -2.08. The van der Waals surface area contributed by atoms with E-state index >= 15 is 0 Å². The summed E-state index contributed by atoms with van der Waals surface area (Å²) in [5.41, 5.74) is 9.99. The highest BCUT2D eigenvalue weighted by molar-refractivity contribution is 6.08. The number of fused-ring (bicyclic) bond motifs is 12. The molecule has 5 heteroatoms. The number of imidazole rings is 2. The Morgan fingerprint density at radius 2 is 1.08 bits per heavy atom. The van der Waals surface area contributed by atoms with Crippen LogP contribution in [0.15, 0.2) is 116 Å². The molecule has 0 spiro atoms. The van der Waals surface area contributed by atoms with Crippen LogP contribution in [-0.4, -0.2) is 23.8 Å². The molecule has 4 aromatic carbocycles. The molecular formula is C31H19N5. The molecule has 0 bridgehead atoms. The number of para-hydroxylation sites is 4. The fraction of sp³-hybridized carbons (Fsp3) is 0. The third-order valence-electron chi connectivity index (χ3n) is 6.99. The summed E-state index contributed by atoms with van der Waals surface area (Å²) in [4.78, 5) is 14.6. The molecule has 0 radical (unpaired) electrons. The van der Waals surface area contributed by atoms with Crippen LogP contribution in [0.5, 0.6) is 0 Å². The first-order valence-corrected chi connectivity index (χ1v) is 12.0. The molecule has 0 amide bonds. The quantitative estimate of drug-likeness (QED) is 0.259. The van der Waals surface area contributed by atoms with Crippen molar-refractivity contribution in [1.82, 2.24) is 23.8 Å². The fourth-order valence-electron chi connectivity index (χ4n) is 5.40. The van der Waals surface area contributed by atoms with Gasteiger partial charge in [0.1, 0.15) is 0 Å². The second-order valence-corrected chi connectivity index (χ2v) is 9.01. The minimum atomic E-state index is 0.825. The minimum absolute atomic E-state index is 0.825. The van der Waals surface area contributed by atoms with Crippen molar-refractivity contribution < 1.29 is 0 Å². The van der Waals surface area contributed by atoms with E-state index in [2.05, 4.69) is 105 Å². The highest BCUT2D eigenvalue weighted by atomic mass is 15.1. The summed E-state index contributed by atoms with van der Waals surface area (Å²) in [5.74, 6) is 0. The lowest BCUT2D eigenvalue weighted by atomic mass is 10.1. The highest BCUT2D eigenvalue weighted by Gasteiger charge is 2.16. The molecule has 36 heavy (non-hydrogen) atoms. The van der Waals surface area contributed by atoms with Crippen molar-refractivity contribution in [2.75, 3.05) is 0 Å². The van der Waals surface area contributed by atoms with Gasteiger partial charge in [-0.1, -0.05) is 60.7 Å². The Bertz CT molecular complexity index is 2150. The van der Waals surface area contributed by atoms with Crippen molar-refractivity contribution in [2.24, 2.45) is 0 Å². The van der Waals surface area contributed by atoms with Crippen LogP contribution < -0.4 is 0 Å². The van der Waals surface area contributed by atoms with Crippen molar-refractivity contribution in [2.45, 2.75) is 0 Å². The van der Waals surface area contributed by atoms with Gasteiger partial charge in [-0.3, -0.25) is 13.8 Å². The molecule has 4 heterocycles. The maximum Gasteiger partial charge on any atom is 0.182 e. The first kappa shape index (κ1) is 19.3. The summed E-state index contributed by atoms with van der Waals surface area (Å²) in [7, 11) is 0. The third kappa shape index (κ3) is 2.62. The number of hydrogen-bond donors (Lipinski definition) is 0. The van der Waals surface area contributed by atoms with Gasteiger partial charge in [-0.15, -0.1) is 0 Å². The van der Waals surface area contributed by atoms with Gasteiger partial charge in [0, 0.05) is 28.7 Å². The Hall–Kier alpha value is -5.03. The zero-order valence-electron chi connectivity index (χ0n) is 19.2. The summed E-state index contributed by atoms with van der Waals surface area (Å²) in [6.45, 7) is 0. The molecule has 8 rings (SSSR count). The lowest BCUT2D eigenvalue weighted by Crippen LogP contribution is -1.94. The van der Waals surface area contributed by atoms with E-state index in [4.69, 9.17) is 9.97 Å². The van der Waals surface area contributed by atoms with Crippen LogP contribution >= 0.6 is 0 Å². The average molecular weight is 462 g/mol. The van der Waals surface area contributed by atoms with Crippen molar-refractivity contribution >= 4 is 55.2 Å². The SMILES string of the molecule is c1cncc(-c2ccc3c(c2)nc2c4nc5ccccc5n4c4ccccc4c4ccccc4n32)c1. The minimum Gasteiger partial charge on any atom is -0.289 e. The van der Waals surface area contributed by atoms with Crippen LogP contribution in [0.4, 0.5) is 0 Å². The van der Waals surface area contributed by atoms with Crippen LogP contribution in [0.3, 0.4) is 0 Å². The third-order valence-corrected chi connectivity index (χ3v) is 6.99. The first-order chi connectivity index (χ1) is 17.9. The van der Waals surface area contributed by atoms with Gasteiger partial charge < -0.3 is 0 Å². The number of pyridine rings is 1. The Kier molecular flexibility index (Phi) is 3.88. The number of benzene rings is 4. The zero-order chi connectivity index (χ0) is 23.6. The number of aromatic nitrogens is 5. The summed E-state index contributed by atoms with van der Waals surface area (Å²) in [5, 5.41) is 2.32. The molecule has 8 aromatic rings. The molecule has 5 nitrogen and oxygen atoms in total. The Morgan fingerprint density at radius 1 is 0.472 bits per heavy atom. The molecule has 0 aliphatic carbocycles. The topological polar surface area (TPSA) is 47.5 Å². The second kappa shape index (κ2) is 7.23. The van der Waals surface area contributed by atoms with E-state index in [0.717, 1.165) is 66.3 Å². The summed E-state index contributed by atoms with van der Waals surface area (Å²) in [6.07, 6.45) is 3.68. The predicted molar refractivity (Wildman–Crippen MR) is 146 cm³/mol. The van der Waals surface area contributed by atoms with Crippen molar-refractivity contribution in [3.05, 3.63) is 116 Å². The highest BCUT2D eigenvalue weighted by Crippen LogP contribution is 2.32. The molecule has 0 unspecified atom stereocenters. The van der Waals surface area contributed by atoms with Gasteiger partial charge in [0.15, 0.2) is 11.3 Å². The van der Waals surface area contributed by atoms with Gasteiger partial charge in [-0.2, -0.15) is 0 Å². The Morgan fingerprint density at radius 3 is 1.78 bits per heavy atom. The maximum absolute atomic E-state index is 5.21. The number of rotatable bonds is 1. The standard InChI is InChI=1S/C31H19N5/c1-4-12-26-22(9-1)23-10-2-5-13-27(23)36-29-16-15-20(21-8-7-17-32-19-21)18-25(29)34-31(36)30-33-24-11-3-6-14-28(24)35(26)30/h1-19H. The molecule has 0 fully saturated rings. The van der Waals surface area contributed by atoms with Crippen molar-refractivity contribution in [3.63, 3.8) is 0 Å². The maximum atomic E-state index is 5.21. The molecule has 0 N–H and O–H groups in total. The van der Waals surface area contributed by atoms with Gasteiger partial charge in [0.25, 0.3) is 0 Å². The lowest BCUT2D eigenvalue weighted by molar-refractivity contribution is 1.25. The normalized spacial score (nSPS) is 11.9. The van der Waals surface area contributed by atoms with E-state index in [9.17, 15) is 0 Å². The second-order valence-electron chi connectivity index (χ2n) is 9.01. The summed E-state index contributed by atoms with van der Waals surface area (Å²) in [6, 6.07) is 35.9. The van der Waals surface area contributed by atoms with Crippen LogP contribution in [0.25, 0.3) is 66.3 Å². The van der Waals surface area contributed by atoms with Crippen molar-refractivity contribution in [3.8, 4) is 11.1 Å². The molecule has 0 aliphatic rings. The van der Waals surface area contributed by atoms with E-state index < -0.39 is 0 Å². The zero-order valence-corrected chi connectivity index (χ0v) is 19.2. The smallest absolute Gasteiger partial charge is 0.182 e. The molecular weight excluding hydrogens is 442 g/mol. The fourth-order valence-corrected chi connectivity index (χ4v) is 5.40. The van der Waals surface area contributed by atoms with Gasteiger partial charge in [-0.05, 0) is 48.0 Å². The first-order valence-electron chi connectivity index (χ1n) is 12.0. The van der Waals surface area contributed by atoms with Crippen LogP contribution in [0, 0.1) is 0 Å². The van der Waals surface area contributed by atoms with Crippen molar-refractivity contribution in [1.29, 1.82) is 0 Å². The van der Waals surface area contributed by atoms with Gasteiger partial charge in [-0.25, -0.2) is 9.97 Å². The van der Waals surface area contributed by atoms with E-state index in [1.165, 1.54) is 0 Å². The Labute approximate surface area is 205 Å². The molecule has 4 aromatic heterocycles. The summed E-state index contributed by atoms with van der Waals surface area (Å²) < 4.78 is 4.51. The van der Waals surface area contributed by atoms with Gasteiger partial charge in [0.05, 0.1) is 33.1 Å². The van der Waals surface area contributed by atoms with Gasteiger partial charge >= 0.3 is 0 Å². The average Bonchev–Trinajstić information content (AvgIpc) is 3.51. The van der Waals surface area contributed by atoms with E-state index in [1.807, 2.05) is 18.3 Å². The predicted octanol–water partition coefficient (Wildman–Crippen LogP) is 7.22. The monoisotopic (exact) mass is 461 g/mol. The molecule has 0 atom stereocenters. The van der Waals surface area contributed by atoms with E-state index in [0.29, 0.717) is 0 Å². The van der Waals surface area contributed by atoms with E-state index in [-0.39, 0.29) is 0 Å². The van der Waals surface area contributed by atoms with Gasteiger partial charge in [0.2, 0.25) is 0 Å². The molecule has 0 saturated heterocycles. The number of hydrogen-bond acceptors (Lipinski definition) is 3. The van der Waals surface area contributed by atoms with Crippen LogP contribution in [0.1, 0.15) is 0 Å². The largest absolute Gasteiger partial charge is 0.289 e. The van der Waals surface area contributed by atoms with Crippen LogP contribution in [-0.2, 0) is 0 Å². The molecule has 0 saturated carbocycles. The van der Waals surface area contributed by atoms with Crippen LogP contribution in [0.2, 0.25) is 0 Å². The number of nitrogens with zero attached hydrogens (tertiary/aromatic N) is 5. The molecule has 168 valence electrons. The Balaban J connectivity index is 1.68. The summed E-state index contributed by atoms with van der Waals surface area (Å²) >= 11 is 0. The molecule has 0 aliphatic heterocycles. The van der Waals surface area contributed by atoms with E-state index in [1.54, 1.807) is 6.20 Å².